The van der Waals surface area contributed by atoms with Crippen molar-refractivity contribution in [3.8, 4) is 0 Å². The minimum absolute atomic E-state index is 0.158. The number of nitrogens with zero attached hydrogens (tertiary/aromatic N) is 3. The van der Waals surface area contributed by atoms with E-state index in [2.05, 4.69) is 15.5 Å². The zero-order valence-corrected chi connectivity index (χ0v) is 13.7. The van der Waals surface area contributed by atoms with Crippen molar-refractivity contribution in [3.63, 3.8) is 0 Å². The molecule has 2 aromatic heterocycles. The van der Waals surface area contributed by atoms with Crippen LogP contribution in [0.3, 0.4) is 0 Å². The number of halogens is 1. The summed E-state index contributed by atoms with van der Waals surface area (Å²) in [5.74, 6) is 0.690. The molecule has 1 amide bonds. The third-order valence-corrected chi connectivity index (χ3v) is 3.89. The predicted molar refractivity (Wildman–Crippen MR) is 89.5 cm³/mol. The molecule has 1 unspecified atom stereocenters. The third-order valence-electron chi connectivity index (χ3n) is 3.66. The number of rotatable bonds is 4. The van der Waals surface area contributed by atoms with E-state index in [1.807, 2.05) is 42.6 Å². The molecule has 3 aromatic rings. The van der Waals surface area contributed by atoms with Crippen molar-refractivity contribution in [2.24, 2.45) is 5.92 Å². The zero-order valence-electron chi connectivity index (χ0n) is 12.9. The first-order valence-corrected chi connectivity index (χ1v) is 7.80. The minimum atomic E-state index is -0.251. The van der Waals surface area contributed by atoms with Crippen LogP contribution in [0.4, 0.5) is 0 Å². The van der Waals surface area contributed by atoms with Gasteiger partial charge in [0.1, 0.15) is 0 Å². The first kappa shape index (κ1) is 15.5. The maximum absolute atomic E-state index is 12.5. The van der Waals surface area contributed by atoms with Gasteiger partial charge in [-0.05, 0) is 36.2 Å². The Balaban J connectivity index is 1.92. The van der Waals surface area contributed by atoms with Gasteiger partial charge in [-0.3, -0.25) is 9.20 Å². The van der Waals surface area contributed by atoms with Crippen molar-refractivity contribution < 1.29 is 4.79 Å². The fraction of sp³-hybridized carbons (Fsp3) is 0.235. The van der Waals surface area contributed by atoms with Gasteiger partial charge in [0, 0.05) is 16.8 Å². The van der Waals surface area contributed by atoms with Crippen molar-refractivity contribution in [3.05, 3.63) is 65.1 Å². The lowest BCUT2D eigenvalue weighted by Gasteiger charge is -2.21. The summed E-state index contributed by atoms with van der Waals surface area (Å²) in [6.07, 6.45) is 1.89. The standard InChI is InChI=1S/C17H17ClN4O/c1-11(2)15(16-21-20-14-8-3-4-9-22(14)16)19-17(23)12-6-5-7-13(18)10-12/h3-11,15H,1-2H3,(H,19,23). The number of nitrogens with one attached hydrogen (secondary N) is 1. The van der Waals surface area contributed by atoms with Gasteiger partial charge in [-0.2, -0.15) is 0 Å². The van der Waals surface area contributed by atoms with Crippen LogP contribution in [0.1, 0.15) is 36.1 Å². The largest absolute Gasteiger partial charge is 0.342 e. The second-order valence-electron chi connectivity index (χ2n) is 5.69. The molecule has 0 aliphatic heterocycles. The normalized spacial score (nSPS) is 12.5. The molecule has 1 atom stereocenters. The first-order chi connectivity index (χ1) is 11.1. The summed E-state index contributed by atoms with van der Waals surface area (Å²) in [6, 6.07) is 12.3. The molecule has 0 spiro atoms. The van der Waals surface area contributed by atoms with E-state index in [1.165, 1.54) is 0 Å². The van der Waals surface area contributed by atoms with Gasteiger partial charge in [0.15, 0.2) is 11.5 Å². The third kappa shape index (κ3) is 3.19. The SMILES string of the molecule is CC(C)C(NC(=O)c1cccc(Cl)c1)c1nnc2ccccn12. The van der Waals surface area contributed by atoms with Gasteiger partial charge in [0.25, 0.3) is 5.91 Å². The molecule has 23 heavy (non-hydrogen) atoms. The molecule has 5 nitrogen and oxygen atoms in total. The highest BCUT2D eigenvalue weighted by Crippen LogP contribution is 2.22. The molecule has 0 aliphatic carbocycles. The lowest BCUT2D eigenvalue weighted by molar-refractivity contribution is 0.0923. The number of amides is 1. The summed E-state index contributed by atoms with van der Waals surface area (Å²) >= 11 is 5.96. The Morgan fingerprint density at radius 1 is 1.17 bits per heavy atom. The highest BCUT2D eigenvalue weighted by molar-refractivity contribution is 6.30. The maximum atomic E-state index is 12.5. The number of benzene rings is 1. The topological polar surface area (TPSA) is 59.3 Å². The number of hydrogen-bond acceptors (Lipinski definition) is 3. The molecular formula is C17H17ClN4O. The Bertz CT molecular complexity index is 843. The van der Waals surface area contributed by atoms with Crippen molar-refractivity contribution in [1.82, 2.24) is 19.9 Å². The molecule has 0 saturated carbocycles. The summed E-state index contributed by atoms with van der Waals surface area (Å²) in [7, 11) is 0. The van der Waals surface area contributed by atoms with E-state index in [-0.39, 0.29) is 17.9 Å². The van der Waals surface area contributed by atoms with E-state index < -0.39 is 0 Å². The van der Waals surface area contributed by atoms with Crippen LogP contribution in [0.15, 0.2) is 48.7 Å². The Hall–Kier alpha value is -2.40. The van der Waals surface area contributed by atoms with Gasteiger partial charge in [0.2, 0.25) is 0 Å². The van der Waals surface area contributed by atoms with Gasteiger partial charge in [-0.25, -0.2) is 0 Å². The molecule has 3 rings (SSSR count). The minimum Gasteiger partial charge on any atom is -0.342 e. The lowest BCUT2D eigenvalue weighted by Crippen LogP contribution is -2.33. The van der Waals surface area contributed by atoms with Gasteiger partial charge >= 0.3 is 0 Å². The molecular weight excluding hydrogens is 312 g/mol. The number of pyridine rings is 1. The summed E-state index contributed by atoms with van der Waals surface area (Å²) in [5.41, 5.74) is 1.28. The molecule has 0 radical (unpaired) electrons. The van der Waals surface area contributed by atoms with Crippen LogP contribution in [-0.4, -0.2) is 20.5 Å². The fourth-order valence-corrected chi connectivity index (χ4v) is 2.65. The molecule has 0 saturated heterocycles. The monoisotopic (exact) mass is 328 g/mol. The zero-order chi connectivity index (χ0) is 16.4. The Labute approximate surface area is 139 Å². The molecule has 1 N–H and O–H groups in total. The number of carbonyl (C=O) groups excluding carboxylic acids is 1. The molecule has 6 heteroatoms. The lowest BCUT2D eigenvalue weighted by atomic mass is 10.0. The highest BCUT2D eigenvalue weighted by atomic mass is 35.5. The van der Waals surface area contributed by atoms with Crippen LogP contribution in [0.2, 0.25) is 5.02 Å². The molecule has 118 valence electrons. The quantitative estimate of drug-likeness (QED) is 0.797. The molecule has 0 fully saturated rings. The number of hydrogen-bond donors (Lipinski definition) is 1. The maximum Gasteiger partial charge on any atom is 0.251 e. The Kier molecular flexibility index (Phi) is 4.30. The van der Waals surface area contributed by atoms with Gasteiger partial charge in [0.05, 0.1) is 6.04 Å². The van der Waals surface area contributed by atoms with Crippen molar-refractivity contribution in [2.75, 3.05) is 0 Å². The average molecular weight is 329 g/mol. The first-order valence-electron chi connectivity index (χ1n) is 7.42. The number of fused-ring (bicyclic) bond motifs is 1. The number of aromatic nitrogens is 3. The van der Waals surface area contributed by atoms with E-state index in [9.17, 15) is 4.79 Å². The molecule has 0 bridgehead atoms. The van der Waals surface area contributed by atoms with Crippen LogP contribution < -0.4 is 5.32 Å². The van der Waals surface area contributed by atoms with Gasteiger partial charge in [-0.1, -0.05) is 37.6 Å². The molecule has 2 heterocycles. The smallest absolute Gasteiger partial charge is 0.251 e. The summed E-state index contributed by atoms with van der Waals surface area (Å²) in [5, 5.41) is 12.0. The van der Waals surface area contributed by atoms with E-state index >= 15 is 0 Å². The van der Waals surface area contributed by atoms with Crippen LogP contribution in [-0.2, 0) is 0 Å². The number of carbonyl (C=O) groups is 1. The molecule has 1 aromatic carbocycles. The van der Waals surface area contributed by atoms with Crippen LogP contribution in [0, 0.1) is 5.92 Å². The van der Waals surface area contributed by atoms with Crippen LogP contribution in [0.5, 0.6) is 0 Å². The van der Waals surface area contributed by atoms with Crippen molar-refractivity contribution in [2.45, 2.75) is 19.9 Å². The predicted octanol–water partition coefficient (Wildman–Crippen LogP) is 3.51. The van der Waals surface area contributed by atoms with Crippen LogP contribution >= 0.6 is 11.6 Å². The average Bonchev–Trinajstić information content (AvgIpc) is 2.96. The Morgan fingerprint density at radius 2 is 2.00 bits per heavy atom. The summed E-state index contributed by atoms with van der Waals surface area (Å²) in [6.45, 7) is 4.07. The fourth-order valence-electron chi connectivity index (χ4n) is 2.46. The van der Waals surface area contributed by atoms with E-state index in [4.69, 9.17) is 11.6 Å². The van der Waals surface area contributed by atoms with E-state index in [0.717, 1.165) is 5.65 Å². The van der Waals surface area contributed by atoms with Gasteiger partial charge in [-0.15, -0.1) is 10.2 Å². The van der Waals surface area contributed by atoms with Crippen molar-refractivity contribution in [1.29, 1.82) is 0 Å². The van der Waals surface area contributed by atoms with Gasteiger partial charge < -0.3 is 5.32 Å². The summed E-state index contributed by atoms with van der Waals surface area (Å²) in [4.78, 5) is 12.5. The Morgan fingerprint density at radius 3 is 2.74 bits per heavy atom. The van der Waals surface area contributed by atoms with Crippen LogP contribution in [0.25, 0.3) is 5.65 Å². The second kappa shape index (κ2) is 6.38. The van der Waals surface area contributed by atoms with E-state index in [1.54, 1.807) is 24.3 Å². The van der Waals surface area contributed by atoms with E-state index in [0.29, 0.717) is 16.4 Å². The summed E-state index contributed by atoms with van der Waals surface area (Å²) < 4.78 is 1.89. The van der Waals surface area contributed by atoms with Crippen molar-refractivity contribution >= 4 is 23.2 Å². The second-order valence-corrected chi connectivity index (χ2v) is 6.13. The molecule has 0 aliphatic rings. The highest BCUT2D eigenvalue weighted by Gasteiger charge is 2.24.